The van der Waals surface area contributed by atoms with Crippen molar-refractivity contribution in [1.29, 1.82) is 5.26 Å². The molecule has 8 heteroatoms. The zero-order chi connectivity index (χ0) is 22.0. The number of anilines is 2. The van der Waals surface area contributed by atoms with E-state index in [1.54, 1.807) is 24.3 Å². The standard InChI is InChI=1S/C23H24N6O2/c1-14-11-17(15(2)26-18-6-4-3-5-16(18)23(30)31)21-19(12-14)27-20(13-24)22(28-21)29-9-7-25-8-10-29/h3-6,11-12,15,25-26H,7-10H2,1-2H3,(H,30,31)/t15-/m1/s1. The van der Waals surface area contributed by atoms with E-state index >= 15 is 0 Å². The molecule has 0 aliphatic carbocycles. The van der Waals surface area contributed by atoms with Crippen LogP contribution in [0.25, 0.3) is 11.0 Å². The van der Waals surface area contributed by atoms with Crippen molar-refractivity contribution in [1.82, 2.24) is 15.3 Å². The number of aromatic nitrogens is 2. The number of aromatic carboxylic acids is 1. The fourth-order valence-electron chi connectivity index (χ4n) is 3.93. The number of hydrogen-bond acceptors (Lipinski definition) is 7. The molecule has 3 aromatic rings. The van der Waals surface area contributed by atoms with Gasteiger partial charge in [0.25, 0.3) is 0 Å². The summed E-state index contributed by atoms with van der Waals surface area (Å²) in [5.74, 6) is -0.386. The van der Waals surface area contributed by atoms with Gasteiger partial charge < -0.3 is 20.6 Å². The molecular weight excluding hydrogens is 392 g/mol. The predicted molar refractivity (Wildman–Crippen MR) is 120 cm³/mol. The van der Waals surface area contributed by atoms with Crippen LogP contribution in [0.4, 0.5) is 11.5 Å². The number of hydrogen-bond donors (Lipinski definition) is 3. The predicted octanol–water partition coefficient (Wildman–Crippen LogP) is 3.09. The van der Waals surface area contributed by atoms with Crippen molar-refractivity contribution >= 4 is 28.5 Å². The molecule has 1 atom stereocenters. The molecule has 4 rings (SSSR count). The molecule has 1 fully saturated rings. The fraction of sp³-hybridized carbons (Fsp3) is 0.304. The summed E-state index contributed by atoms with van der Waals surface area (Å²) in [6.07, 6.45) is 0. The first kappa shape index (κ1) is 20.6. The lowest BCUT2D eigenvalue weighted by Crippen LogP contribution is -2.44. The smallest absolute Gasteiger partial charge is 0.337 e. The van der Waals surface area contributed by atoms with E-state index in [0.29, 0.717) is 28.2 Å². The molecule has 0 spiro atoms. The maximum absolute atomic E-state index is 11.6. The molecule has 0 saturated carbocycles. The Hall–Kier alpha value is -3.70. The Kier molecular flexibility index (Phi) is 5.69. The van der Waals surface area contributed by atoms with Crippen molar-refractivity contribution in [3.8, 4) is 6.07 Å². The average molecular weight is 416 g/mol. The third kappa shape index (κ3) is 4.13. The highest BCUT2D eigenvalue weighted by Gasteiger charge is 2.21. The average Bonchev–Trinajstić information content (AvgIpc) is 2.78. The second kappa shape index (κ2) is 8.58. The van der Waals surface area contributed by atoms with Crippen LogP contribution in [0.15, 0.2) is 36.4 Å². The first-order chi connectivity index (χ1) is 15.0. The van der Waals surface area contributed by atoms with Gasteiger partial charge in [-0.15, -0.1) is 0 Å². The van der Waals surface area contributed by atoms with Gasteiger partial charge in [-0.05, 0) is 37.6 Å². The molecule has 1 saturated heterocycles. The zero-order valence-electron chi connectivity index (χ0n) is 17.5. The van der Waals surface area contributed by atoms with Crippen molar-refractivity contribution in [2.75, 3.05) is 36.4 Å². The Labute approximate surface area is 180 Å². The molecule has 1 aliphatic heterocycles. The molecular formula is C23H24N6O2. The number of nitrogens with zero attached hydrogens (tertiary/aromatic N) is 4. The van der Waals surface area contributed by atoms with Gasteiger partial charge in [0, 0.05) is 37.4 Å². The van der Waals surface area contributed by atoms with E-state index in [9.17, 15) is 15.2 Å². The fourth-order valence-corrected chi connectivity index (χ4v) is 3.93. The summed E-state index contributed by atoms with van der Waals surface area (Å²) in [4.78, 5) is 23.2. The number of carboxylic acid groups (broad SMARTS) is 1. The molecule has 0 radical (unpaired) electrons. The van der Waals surface area contributed by atoms with Gasteiger partial charge in [0.2, 0.25) is 0 Å². The Morgan fingerprint density at radius 3 is 2.71 bits per heavy atom. The highest BCUT2D eigenvalue weighted by Crippen LogP contribution is 2.30. The van der Waals surface area contributed by atoms with Crippen LogP contribution in [0.1, 0.15) is 40.1 Å². The Balaban J connectivity index is 1.80. The molecule has 158 valence electrons. The minimum Gasteiger partial charge on any atom is -0.478 e. The number of piperazine rings is 1. The van der Waals surface area contributed by atoms with Gasteiger partial charge in [-0.3, -0.25) is 0 Å². The van der Waals surface area contributed by atoms with Crippen molar-refractivity contribution in [2.45, 2.75) is 19.9 Å². The molecule has 0 amide bonds. The topological polar surface area (TPSA) is 114 Å². The van der Waals surface area contributed by atoms with Crippen LogP contribution in [0.3, 0.4) is 0 Å². The molecule has 0 unspecified atom stereocenters. The monoisotopic (exact) mass is 416 g/mol. The maximum Gasteiger partial charge on any atom is 0.337 e. The Morgan fingerprint density at radius 1 is 1.26 bits per heavy atom. The molecule has 8 nitrogen and oxygen atoms in total. The number of carbonyl (C=O) groups is 1. The van der Waals surface area contributed by atoms with E-state index in [4.69, 9.17) is 4.98 Å². The maximum atomic E-state index is 11.6. The number of fused-ring (bicyclic) bond motifs is 1. The normalized spacial score (nSPS) is 14.8. The van der Waals surface area contributed by atoms with Gasteiger partial charge in [0.1, 0.15) is 6.07 Å². The van der Waals surface area contributed by atoms with Gasteiger partial charge in [0.05, 0.1) is 22.6 Å². The molecule has 2 heterocycles. The van der Waals surface area contributed by atoms with E-state index in [1.165, 1.54) is 0 Å². The zero-order valence-corrected chi connectivity index (χ0v) is 17.5. The highest BCUT2D eigenvalue weighted by molar-refractivity contribution is 5.94. The number of para-hydroxylation sites is 1. The van der Waals surface area contributed by atoms with E-state index < -0.39 is 5.97 Å². The molecule has 3 N–H and O–H groups in total. The summed E-state index contributed by atoms with van der Waals surface area (Å²) in [6, 6.07) is 12.8. The lowest BCUT2D eigenvalue weighted by Gasteiger charge is -2.29. The summed E-state index contributed by atoms with van der Waals surface area (Å²) in [6.45, 7) is 7.12. The SMILES string of the molecule is Cc1cc([C@@H](C)Nc2ccccc2C(=O)O)c2nc(N3CCNCC3)c(C#N)nc2c1. The lowest BCUT2D eigenvalue weighted by molar-refractivity contribution is 0.0698. The number of rotatable bonds is 5. The summed E-state index contributed by atoms with van der Waals surface area (Å²) in [5.41, 5.74) is 4.35. The Bertz CT molecular complexity index is 1180. The second-order valence-corrected chi connectivity index (χ2v) is 7.68. The molecule has 31 heavy (non-hydrogen) atoms. The molecule has 0 bridgehead atoms. The van der Waals surface area contributed by atoms with E-state index in [-0.39, 0.29) is 11.6 Å². The van der Waals surface area contributed by atoms with Crippen molar-refractivity contribution in [3.05, 3.63) is 58.8 Å². The van der Waals surface area contributed by atoms with Crippen LogP contribution in [0.5, 0.6) is 0 Å². The van der Waals surface area contributed by atoms with Gasteiger partial charge in [-0.2, -0.15) is 5.26 Å². The van der Waals surface area contributed by atoms with Crippen LogP contribution < -0.4 is 15.5 Å². The summed E-state index contributed by atoms with van der Waals surface area (Å²) < 4.78 is 0. The Morgan fingerprint density at radius 2 is 2.00 bits per heavy atom. The minimum atomic E-state index is -0.983. The first-order valence-electron chi connectivity index (χ1n) is 10.2. The number of carboxylic acids is 1. The third-order valence-corrected chi connectivity index (χ3v) is 5.44. The van der Waals surface area contributed by atoms with Crippen molar-refractivity contribution in [2.24, 2.45) is 0 Å². The number of benzene rings is 2. The van der Waals surface area contributed by atoms with E-state index in [1.807, 2.05) is 26.0 Å². The number of nitrogens with one attached hydrogen (secondary N) is 2. The van der Waals surface area contributed by atoms with Gasteiger partial charge in [0.15, 0.2) is 11.5 Å². The van der Waals surface area contributed by atoms with Gasteiger partial charge in [-0.1, -0.05) is 18.2 Å². The minimum absolute atomic E-state index is 0.214. The highest BCUT2D eigenvalue weighted by atomic mass is 16.4. The first-order valence-corrected chi connectivity index (χ1v) is 10.2. The lowest BCUT2D eigenvalue weighted by atomic mass is 10.0. The van der Waals surface area contributed by atoms with Crippen LogP contribution in [0, 0.1) is 18.3 Å². The quantitative estimate of drug-likeness (QED) is 0.581. The van der Waals surface area contributed by atoms with Crippen LogP contribution in [-0.4, -0.2) is 47.2 Å². The molecule has 1 aliphatic rings. The van der Waals surface area contributed by atoms with Crippen molar-refractivity contribution in [3.63, 3.8) is 0 Å². The molecule has 2 aromatic carbocycles. The third-order valence-electron chi connectivity index (χ3n) is 5.44. The summed E-state index contributed by atoms with van der Waals surface area (Å²) in [7, 11) is 0. The van der Waals surface area contributed by atoms with E-state index in [0.717, 1.165) is 37.3 Å². The van der Waals surface area contributed by atoms with Crippen LogP contribution in [0.2, 0.25) is 0 Å². The van der Waals surface area contributed by atoms with Crippen molar-refractivity contribution < 1.29 is 9.90 Å². The largest absolute Gasteiger partial charge is 0.478 e. The van der Waals surface area contributed by atoms with Crippen LogP contribution in [-0.2, 0) is 0 Å². The number of nitriles is 1. The van der Waals surface area contributed by atoms with Gasteiger partial charge in [-0.25, -0.2) is 14.8 Å². The summed E-state index contributed by atoms with van der Waals surface area (Å²) in [5, 5.41) is 25.8. The van der Waals surface area contributed by atoms with Gasteiger partial charge >= 0.3 is 5.97 Å². The van der Waals surface area contributed by atoms with E-state index in [2.05, 4.69) is 26.6 Å². The van der Waals surface area contributed by atoms with Crippen LogP contribution >= 0.6 is 0 Å². The number of aryl methyl sites for hydroxylation is 1. The summed E-state index contributed by atoms with van der Waals surface area (Å²) >= 11 is 0. The second-order valence-electron chi connectivity index (χ2n) is 7.68. The molecule has 1 aromatic heterocycles.